The molecule has 3 aromatic rings. The van der Waals surface area contributed by atoms with Crippen molar-refractivity contribution in [3.8, 4) is 11.5 Å². The van der Waals surface area contributed by atoms with Crippen molar-refractivity contribution in [1.29, 1.82) is 0 Å². The summed E-state index contributed by atoms with van der Waals surface area (Å²) in [5.74, 6) is 7.57. The SMILES string of the molecule is COc1cccc([CH-]/C(N=NC2CN(c3ccccc3)C2)=N/N)c1OC.[CH2-]CC(C[CH2-])c1ccccc1.[Li+]. The van der Waals surface area contributed by atoms with Gasteiger partial charge in [-0.05, 0) is 23.8 Å². The van der Waals surface area contributed by atoms with Gasteiger partial charge < -0.3 is 34.1 Å². The van der Waals surface area contributed by atoms with Gasteiger partial charge in [-0.15, -0.1) is 23.2 Å². The van der Waals surface area contributed by atoms with Crippen molar-refractivity contribution in [2.45, 2.75) is 24.8 Å². The molecule has 0 aromatic heterocycles. The van der Waals surface area contributed by atoms with E-state index in [0.29, 0.717) is 23.3 Å². The Kier molecular flexibility index (Phi) is 13.3. The molecule has 1 aliphatic heterocycles. The van der Waals surface area contributed by atoms with Gasteiger partial charge in [0.05, 0.1) is 20.0 Å². The van der Waals surface area contributed by atoms with E-state index < -0.39 is 0 Å². The maximum Gasteiger partial charge on any atom is 1.00 e. The number of rotatable bonds is 9. The first kappa shape index (κ1) is 30.8. The number of anilines is 1. The fourth-order valence-corrected chi connectivity index (χ4v) is 3.98. The van der Waals surface area contributed by atoms with Crippen LogP contribution in [0.25, 0.3) is 0 Å². The number of benzene rings is 3. The molecular formula is C30H36LiN5O2-2. The first-order chi connectivity index (χ1) is 18.1. The number of hydrogen-bond acceptors (Lipinski definition) is 6. The summed E-state index contributed by atoms with van der Waals surface area (Å²) >= 11 is 0. The number of nitrogens with zero attached hydrogens (tertiary/aromatic N) is 4. The molecule has 0 atom stereocenters. The number of nitrogens with two attached hydrogens (primary N) is 1. The average Bonchev–Trinajstić information content (AvgIpc) is 2.93. The maximum absolute atomic E-state index is 5.47. The van der Waals surface area contributed by atoms with Crippen molar-refractivity contribution in [2.24, 2.45) is 21.2 Å². The third kappa shape index (κ3) is 8.58. The molecule has 1 heterocycles. The van der Waals surface area contributed by atoms with Crippen LogP contribution in [0.4, 0.5) is 5.69 Å². The molecule has 0 spiro atoms. The Morgan fingerprint density at radius 1 is 0.947 bits per heavy atom. The summed E-state index contributed by atoms with van der Waals surface area (Å²) in [6.45, 7) is 9.44. The topological polar surface area (TPSA) is 84.8 Å². The molecule has 2 N–H and O–H groups in total. The summed E-state index contributed by atoms with van der Waals surface area (Å²) < 4.78 is 10.7. The molecule has 0 amide bonds. The van der Waals surface area contributed by atoms with E-state index in [2.05, 4.69) is 70.5 Å². The number of amidine groups is 1. The predicted octanol–water partition coefficient (Wildman–Crippen LogP) is 3.09. The van der Waals surface area contributed by atoms with Crippen LogP contribution in [0.3, 0.4) is 0 Å². The van der Waals surface area contributed by atoms with Gasteiger partial charge >= 0.3 is 18.9 Å². The minimum Gasteiger partial charge on any atom is -0.550 e. The summed E-state index contributed by atoms with van der Waals surface area (Å²) in [6.07, 6.45) is 3.60. The van der Waals surface area contributed by atoms with E-state index in [0.717, 1.165) is 31.5 Å². The molecule has 3 aromatic carbocycles. The monoisotopic (exact) mass is 505 g/mol. The van der Waals surface area contributed by atoms with E-state index in [1.54, 1.807) is 20.6 Å². The molecule has 1 aliphatic rings. The summed E-state index contributed by atoms with van der Waals surface area (Å²) in [4.78, 5) is 2.25. The number of hydrogen-bond donors (Lipinski definition) is 1. The summed E-state index contributed by atoms with van der Waals surface area (Å²) in [5, 5.41) is 12.2. The first-order valence-corrected chi connectivity index (χ1v) is 12.3. The molecule has 1 fully saturated rings. The number of azo groups is 1. The second-order valence-corrected chi connectivity index (χ2v) is 8.51. The van der Waals surface area contributed by atoms with E-state index in [-0.39, 0.29) is 24.9 Å². The van der Waals surface area contributed by atoms with Crippen LogP contribution in [0, 0.1) is 20.3 Å². The van der Waals surface area contributed by atoms with Crippen molar-refractivity contribution < 1.29 is 28.3 Å². The Labute approximate surface area is 239 Å². The van der Waals surface area contributed by atoms with Crippen molar-refractivity contribution in [1.82, 2.24) is 0 Å². The quantitative estimate of drug-likeness (QED) is 0.0922. The van der Waals surface area contributed by atoms with Crippen LogP contribution in [0.1, 0.15) is 29.9 Å². The zero-order valence-corrected chi connectivity index (χ0v) is 22.7. The van der Waals surface area contributed by atoms with Gasteiger partial charge in [-0.1, -0.05) is 54.4 Å². The third-order valence-electron chi connectivity index (χ3n) is 6.13. The van der Waals surface area contributed by atoms with Gasteiger partial charge in [0.1, 0.15) is 17.6 Å². The Balaban J connectivity index is 0.000000356. The molecule has 0 unspecified atom stereocenters. The van der Waals surface area contributed by atoms with Gasteiger partial charge in [-0.2, -0.15) is 29.1 Å². The van der Waals surface area contributed by atoms with Gasteiger partial charge in [0.2, 0.25) is 0 Å². The molecule has 38 heavy (non-hydrogen) atoms. The Bertz CT molecular complexity index is 1130. The van der Waals surface area contributed by atoms with Crippen molar-refractivity contribution in [3.63, 3.8) is 0 Å². The predicted molar refractivity (Wildman–Crippen MR) is 151 cm³/mol. The van der Waals surface area contributed by atoms with Crippen molar-refractivity contribution >= 4 is 11.5 Å². The van der Waals surface area contributed by atoms with Gasteiger partial charge in [0.25, 0.3) is 0 Å². The Morgan fingerprint density at radius 3 is 2.13 bits per heavy atom. The maximum atomic E-state index is 5.47. The molecule has 7 nitrogen and oxygen atoms in total. The van der Waals surface area contributed by atoms with Crippen LogP contribution >= 0.6 is 0 Å². The molecule has 0 bridgehead atoms. The fraction of sp³-hybridized carbons (Fsp3) is 0.267. The van der Waals surface area contributed by atoms with E-state index in [4.69, 9.17) is 15.3 Å². The van der Waals surface area contributed by atoms with Crippen LogP contribution in [0.2, 0.25) is 0 Å². The van der Waals surface area contributed by atoms with E-state index in [1.165, 1.54) is 11.3 Å². The first-order valence-electron chi connectivity index (χ1n) is 12.3. The third-order valence-corrected chi connectivity index (χ3v) is 6.13. The minimum absolute atomic E-state index is 0. The number of para-hydroxylation sites is 2. The van der Waals surface area contributed by atoms with E-state index in [9.17, 15) is 0 Å². The summed E-state index contributed by atoms with van der Waals surface area (Å²) in [6, 6.07) is 26.4. The molecule has 196 valence electrons. The molecule has 0 aliphatic carbocycles. The molecular weight excluding hydrogens is 469 g/mol. The number of methoxy groups -OCH3 is 2. The smallest absolute Gasteiger partial charge is 0.550 e. The number of ether oxygens (including phenoxy) is 2. The van der Waals surface area contributed by atoms with Crippen molar-refractivity contribution in [3.05, 3.63) is 110 Å². The zero-order chi connectivity index (χ0) is 26.5. The number of hydrazone groups is 1. The normalized spacial score (nSPS) is 13.3. The van der Waals surface area contributed by atoms with Gasteiger partial charge in [-0.25, -0.2) is 0 Å². The van der Waals surface area contributed by atoms with Crippen LogP contribution in [0.15, 0.2) is 94.2 Å². The fourth-order valence-electron chi connectivity index (χ4n) is 3.98. The summed E-state index contributed by atoms with van der Waals surface area (Å²) in [5.41, 5.74) is 3.33. The molecule has 1 saturated heterocycles. The van der Waals surface area contributed by atoms with Gasteiger partial charge in [0, 0.05) is 18.8 Å². The van der Waals surface area contributed by atoms with Gasteiger partial charge in [0.15, 0.2) is 0 Å². The van der Waals surface area contributed by atoms with Crippen LogP contribution in [-0.2, 0) is 0 Å². The summed E-state index contributed by atoms with van der Waals surface area (Å²) in [7, 11) is 3.18. The van der Waals surface area contributed by atoms with Gasteiger partial charge in [-0.3, -0.25) is 0 Å². The second kappa shape index (κ2) is 16.4. The molecule has 0 saturated carbocycles. The standard InChI is InChI=1S/C19H22N5O2.C11H14.Li/c1-25-17-10-6-7-14(19(17)26-2)11-18(21-20)23-22-15-12-24(13-15)16-8-4-3-5-9-16;1-3-10(4-2)11-8-6-5-7-9-11;/h3-11,15H,12-13,20H2,1-2H3;5-10H,1-4H2;/q-1;-2;+1/b21-18-,23-22?;;. The minimum atomic E-state index is 0. The largest absolute Gasteiger partial charge is 1.00 e. The molecule has 0 radical (unpaired) electrons. The van der Waals surface area contributed by atoms with E-state index >= 15 is 0 Å². The Hall–Kier alpha value is -3.40. The Morgan fingerprint density at radius 2 is 1.58 bits per heavy atom. The van der Waals surface area contributed by atoms with Crippen molar-refractivity contribution in [2.75, 3.05) is 32.2 Å². The zero-order valence-electron chi connectivity index (χ0n) is 22.7. The van der Waals surface area contributed by atoms with Crippen LogP contribution in [0.5, 0.6) is 11.5 Å². The second-order valence-electron chi connectivity index (χ2n) is 8.51. The van der Waals surface area contributed by atoms with Crippen LogP contribution < -0.4 is 39.1 Å². The van der Waals surface area contributed by atoms with E-state index in [1.807, 2.05) is 42.5 Å². The molecule has 4 rings (SSSR count). The van der Waals surface area contributed by atoms with Crippen LogP contribution in [-0.4, -0.2) is 39.2 Å². The average molecular weight is 506 g/mol. The molecule has 8 heteroatoms.